The van der Waals surface area contributed by atoms with E-state index in [2.05, 4.69) is 10.6 Å². The number of nitrogens with one attached hydrogen (secondary N) is 2. The van der Waals surface area contributed by atoms with Crippen molar-refractivity contribution in [1.29, 1.82) is 0 Å². The van der Waals surface area contributed by atoms with Crippen molar-refractivity contribution in [1.82, 2.24) is 0 Å². The van der Waals surface area contributed by atoms with Gasteiger partial charge in [0, 0.05) is 5.69 Å². The van der Waals surface area contributed by atoms with Crippen LogP contribution in [0.5, 0.6) is 5.75 Å². The van der Waals surface area contributed by atoms with Gasteiger partial charge in [0.1, 0.15) is 5.56 Å². The van der Waals surface area contributed by atoms with E-state index in [1.165, 1.54) is 18.2 Å². The van der Waals surface area contributed by atoms with E-state index in [0.717, 1.165) is 0 Å². The predicted molar refractivity (Wildman–Crippen MR) is 74.1 cm³/mol. The van der Waals surface area contributed by atoms with Crippen LogP contribution in [0.4, 0.5) is 16.2 Å². The van der Waals surface area contributed by atoms with Crippen LogP contribution in [0.1, 0.15) is 10.4 Å². The Hall–Kier alpha value is -3.02. The fourth-order valence-corrected chi connectivity index (χ4v) is 1.62. The molecule has 2 rings (SSSR count). The fraction of sp³-hybridized carbons (Fsp3) is 0. The molecule has 0 saturated heterocycles. The number of carboxylic acids is 1. The number of phenols is 1. The lowest BCUT2D eigenvalue weighted by molar-refractivity contribution is 0.0694. The highest BCUT2D eigenvalue weighted by atomic mass is 16.4. The standard InChI is InChI=1S/C14H12N2O4/c17-12-10(13(18)19)7-4-8-11(12)16-14(20)15-9-5-2-1-3-6-9/h1-8,17H,(H,18,19)(H2,15,16,20). The molecule has 20 heavy (non-hydrogen) atoms. The van der Waals surface area contributed by atoms with Crippen molar-refractivity contribution in [2.24, 2.45) is 0 Å². The summed E-state index contributed by atoms with van der Waals surface area (Å²) >= 11 is 0. The Morgan fingerprint density at radius 2 is 1.60 bits per heavy atom. The van der Waals surface area contributed by atoms with E-state index in [1.54, 1.807) is 24.3 Å². The first-order chi connectivity index (χ1) is 9.58. The van der Waals surface area contributed by atoms with E-state index in [-0.39, 0.29) is 11.3 Å². The molecule has 0 aromatic heterocycles. The maximum absolute atomic E-state index is 11.7. The number of carbonyl (C=O) groups excluding carboxylic acids is 1. The number of aromatic carboxylic acids is 1. The third-order valence-electron chi connectivity index (χ3n) is 2.55. The number of benzene rings is 2. The number of rotatable bonds is 3. The van der Waals surface area contributed by atoms with E-state index < -0.39 is 17.7 Å². The van der Waals surface area contributed by atoms with Crippen LogP contribution in [0.3, 0.4) is 0 Å². The van der Waals surface area contributed by atoms with Crippen LogP contribution in [-0.4, -0.2) is 22.2 Å². The Morgan fingerprint density at radius 3 is 2.25 bits per heavy atom. The molecule has 2 amide bonds. The van der Waals surface area contributed by atoms with E-state index in [4.69, 9.17) is 5.11 Å². The summed E-state index contributed by atoms with van der Waals surface area (Å²) in [7, 11) is 0. The number of hydrogen-bond donors (Lipinski definition) is 4. The maximum Gasteiger partial charge on any atom is 0.339 e. The highest BCUT2D eigenvalue weighted by molar-refractivity contribution is 6.02. The van der Waals surface area contributed by atoms with Crippen LogP contribution >= 0.6 is 0 Å². The van der Waals surface area contributed by atoms with E-state index in [0.29, 0.717) is 5.69 Å². The molecule has 0 unspecified atom stereocenters. The Bertz CT molecular complexity index is 641. The summed E-state index contributed by atoms with van der Waals surface area (Å²) in [6, 6.07) is 12.3. The van der Waals surface area contributed by atoms with Gasteiger partial charge in [-0.15, -0.1) is 0 Å². The quantitative estimate of drug-likeness (QED) is 0.645. The lowest BCUT2D eigenvalue weighted by Gasteiger charge is -2.10. The molecular formula is C14H12N2O4. The molecular weight excluding hydrogens is 260 g/mol. The average molecular weight is 272 g/mol. The normalized spacial score (nSPS) is 9.80. The largest absolute Gasteiger partial charge is 0.505 e. The molecule has 0 aliphatic heterocycles. The molecule has 0 atom stereocenters. The first-order valence-electron chi connectivity index (χ1n) is 5.76. The highest BCUT2D eigenvalue weighted by Crippen LogP contribution is 2.27. The fourth-order valence-electron chi connectivity index (χ4n) is 1.62. The molecule has 0 aliphatic carbocycles. The van der Waals surface area contributed by atoms with Crippen molar-refractivity contribution >= 4 is 23.4 Å². The van der Waals surface area contributed by atoms with Crippen molar-refractivity contribution in [3.05, 3.63) is 54.1 Å². The monoisotopic (exact) mass is 272 g/mol. The summed E-state index contributed by atoms with van der Waals surface area (Å²) in [5, 5.41) is 23.6. The van der Waals surface area contributed by atoms with Crippen LogP contribution in [0.25, 0.3) is 0 Å². The van der Waals surface area contributed by atoms with Crippen molar-refractivity contribution in [3.8, 4) is 5.75 Å². The number of para-hydroxylation sites is 2. The maximum atomic E-state index is 11.7. The molecule has 6 nitrogen and oxygen atoms in total. The van der Waals surface area contributed by atoms with Gasteiger partial charge in [0.2, 0.25) is 0 Å². The van der Waals surface area contributed by atoms with Gasteiger partial charge in [-0.3, -0.25) is 0 Å². The molecule has 6 heteroatoms. The van der Waals surface area contributed by atoms with Gasteiger partial charge in [-0.2, -0.15) is 0 Å². The Morgan fingerprint density at radius 1 is 0.900 bits per heavy atom. The van der Waals surface area contributed by atoms with Crippen molar-refractivity contribution in [3.63, 3.8) is 0 Å². The van der Waals surface area contributed by atoms with Gasteiger partial charge in [0.15, 0.2) is 5.75 Å². The van der Waals surface area contributed by atoms with Crippen LogP contribution in [-0.2, 0) is 0 Å². The van der Waals surface area contributed by atoms with Crippen LogP contribution in [0, 0.1) is 0 Å². The Kier molecular flexibility index (Phi) is 3.85. The SMILES string of the molecule is O=C(Nc1ccccc1)Nc1cccc(C(=O)O)c1O. The lowest BCUT2D eigenvalue weighted by atomic mass is 10.1. The lowest BCUT2D eigenvalue weighted by Crippen LogP contribution is -2.19. The molecule has 0 spiro atoms. The van der Waals surface area contributed by atoms with Crippen molar-refractivity contribution < 1.29 is 19.8 Å². The molecule has 0 aliphatic rings. The second-order valence-corrected chi connectivity index (χ2v) is 3.95. The van der Waals surface area contributed by atoms with Crippen LogP contribution in [0.2, 0.25) is 0 Å². The number of urea groups is 1. The van der Waals surface area contributed by atoms with Crippen LogP contribution < -0.4 is 10.6 Å². The number of aromatic hydroxyl groups is 1. The number of carboxylic acid groups (broad SMARTS) is 1. The van der Waals surface area contributed by atoms with E-state index >= 15 is 0 Å². The molecule has 0 heterocycles. The molecule has 102 valence electrons. The number of anilines is 2. The number of hydrogen-bond acceptors (Lipinski definition) is 3. The van der Waals surface area contributed by atoms with Crippen molar-refractivity contribution in [2.45, 2.75) is 0 Å². The summed E-state index contributed by atoms with van der Waals surface area (Å²) in [5.41, 5.74) is 0.333. The summed E-state index contributed by atoms with van der Waals surface area (Å²) in [6.07, 6.45) is 0. The van der Waals surface area contributed by atoms with Gasteiger partial charge >= 0.3 is 12.0 Å². The van der Waals surface area contributed by atoms with Crippen molar-refractivity contribution in [2.75, 3.05) is 10.6 Å². The summed E-state index contributed by atoms with van der Waals surface area (Å²) in [4.78, 5) is 22.6. The minimum Gasteiger partial charge on any atom is -0.505 e. The smallest absolute Gasteiger partial charge is 0.339 e. The predicted octanol–water partition coefficient (Wildman–Crippen LogP) is 2.73. The molecule has 0 radical (unpaired) electrons. The van der Waals surface area contributed by atoms with Gasteiger partial charge in [-0.1, -0.05) is 24.3 Å². The zero-order chi connectivity index (χ0) is 14.5. The summed E-state index contributed by atoms with van der Waals surface area (Å²) < 4.78 is 0. The minimum absolute atomic E-state index is 0.0262. The zero-order valence-electron chi connectivity index (χ0n) is 10.3. The summed E-state index contributed by atoms with van der Waals surface area (Å²) in [6.45, 7) is 0. The third-order valence-corrected chi connectivity index (χ3v) is 2.55. The van der Waals surface area contributed by atoms with Gasteiger partial charge in [0.25, 0.3) is 0 Å². The molecule has 0 bridgehead atoms. The first-order valence-corrected chi connectivity index (χ1v) is 5.76. The topological polar surface area (TPSA) is 98.7 Å². The summed E-state index contributed by atoms with van der Waals surface area (Å²) in [5.74, 6) is -1.75. The Balaban J connectivity index is 2.12. The number of carbonyl (C=O) groups is 2. The van der Waals surface area contributed by atoms with Gasteiger partial charge in [-0.05, 0) is 24.3 Å². The van der Waals surface area contributed by atoms with E-state index in [9.17, 15) is 14.7 Å². The first kappa shape index (κ1) is 13.4. The van der Waals surface area contributed by atoms with Gasteiger partial charge < -0.3 is 20.8 Å². The molecule has 0 saturated carbocycles. The number of amides is 2. The Labute approximate surface area is 114 Å². The average Bonchev–Trinajstić information content (AvgIpc) is 2.42. The molecule has 4 N–H and O–H groups in total. The zero-order valence-corrected chi connectivity index (χ0v) is 10.3. The van der Waals surface area contributed by atoms with E-state index in [1.807, 2.05) is 6.07 Å². The third kappa shape index (κ3) is 3.05. The van der Waals surface area contributed by atoms with Gasteiger partial charge in [-0.25, -0.2) is 9.59 Å². The second-order valence-electron chi connectivity index (χ2n) is 3.95. The second kappa shape index (κ2) is 5.75. The van der Waals surface area contributed by atoms with Gasteiger partial charge in [0.05, 0.1) is 5.69 Å². The molecule has 0 fully saturated rings. The minimum atomic E-state index is -1.27. The highest BCUT2D eigenvalue weighted by Gasteiger charge is 2.14. The molecule has 2 aromatic carbocycles. The molecule has 2 aromatic rings. The van der Waals surface area contributed by atoms with Crippen LogP contribution in [0.15, 0.2) is 48.5 Å².